The van der Waals surface area contributed by atoms with E-state index in [9.17, 15) is 0 Å². The molecule has 35 valence electrons. The number of hydrogen-bond donors (Lipinski definition) is 0. The van der Waals surface area contributed by atoms with Gasteiger partial charge in [0.05, 0.1) is 0 Å². The van der Waals surface area contributed by atoms with Crippen LogP contribution >= 0.6 is 0 Å². The molecule has 0 atom stereocenters. The normalized spacial score (nSPS) is 8.67. The van der Waals surface area contributed by atoms with E-state index in [1.807, 2.05) is 0 Å². The standard InChI is InChI=1S/C3H7O2.Ti/c1-5-3-2-4;/h2-3H2,1H3;/q-1;+1. The summed E-state index contributed by atoms with van der Waals surface area (Å²) in [6, 6.07) is 0. The van der Waals surface area contributed by atoms with Crippen LogP contribution in [-0.4, -0.2) is 20.3 Å². The first-order valence-electron chi connectivity index (χ1n) is 1.69. The van der Waals surface area contributed by atoms with E-state index in [1.54, 1.807) is 27.9 Å². The molecule has 0 aliphatic heterocycles. The van der Waals surface area contributed by atoms with Crippen molar-refractivity contribution in [2.24, 2.45) is 0 Å². The number of hydrogen-bond acceptors (Lipinski definition) is 2. The Bertz CT molecular complexity index is 20.8. The zero-order valence-corrected chi connectivity index (χ0v) is 5.29. The number of methoxy groups -OCH3 is 1. The molecule has 0 saturated heterocycles. The first-order chi connectivity index (χ1) is 2.91. The monoisotopic (exact) mass is 123 g/mol. The molecule has 0 aliphatic carbocycles. The van der Waals surface area contributed by atoms with Crippen LogP contribution in [0.4, 0.5) is 0 Å². The molecule has 0 N–H and O–H groups in total. The molecule has 6 heavy (non-hydrogen) atoms. The van der Waals surface area contributed by atoms with Crippen LogP contribution in [-0.2, 0) is 28.9 Å². The minimum atomic E-state index is 0.691. The third kappa shape index (κ3) is 4.63. The molecule has 0 bridgehead atoms. The molecule has 0 aromatic rings. The van der Waals surface area contributed by atoms with E-state index < -0.39 is 0 Å². The molecule has 0 aromatic heterocycles. The summed E-state index contributed by atoms with van der Waals surface area (Å²) in [4.78, 5) is 0. The van der Waals surface area contributed by atoms with Crippen molar-refractivity contribution in [1.29, 1.82) is 0 Å². The minimum absolute atomic E-state index is 0.691. The second kappa shape index (κ2) is 5.63. The van der Waals surface area contributed by atoms with Crippen LogP contribution in [0.1, 0.15) is 0 Å². The molecule has 0 unspecified atom stereocenters. The van der Waals surface area contributed by atoms with Crippen LogP contribution in [0.25, 0.3) is 0 Å². The first-order valence-corrected chi connectivity index (χ1v) is 2.33. The molecule has 0 radical (unpaired) electrons. The molecule has 0 rings (SSSR count). The van der Waals surface area contributed by atoms with Gasteiger partial charge in [0.25, 0.3) is 0 Å². The van der Waals surface area contributed by atoms with Crippen molar-refractivity contribution >= 4 is 0 Å². The molecule has 2 nitrogen and oxygen atoms in total. The molecule has 0 amide bonds. The zero-order chi connectivity index (χ0) is 4.83. The van der Waals surface area contributed by atoms with Crippen LogP contribution in [0.3, 0.4) is 0 Å². The van der Waals surface area contributed by atoms with Crippen molar-refractivity contribution in [3.8, 4) is 0 Å². The fourth-order valence-electron chi connectivity index (χ4n) is 0.125. The predicted octanol–water partition coefficient (Wildman–Crippen LogP) is 0.111. The van der Waals surface area contributed by atoms with Crippen LogP contribution < -0.4 is 0 Å². The maximum atomic E-state index is 4.66. The van der Waals surface area contributed by atoms with Gasteiger partial charge in [0.2, 0.25) is 0 Å². The number of ether oxygens (including phenoxy) is 1. The summed E-state index contributed by atoms with van der Waals surface area (Å²) in [6.07, 6.45) is 0. The van der Waals surface area contributed by atoms with Crippen LogP contribution in [0.5, 0.6) is 0 Å². The third-order valence-corrected chi connectivity index (χ3v) is 0.708. The van der Waals surface area contributed by atoms with E-state index in [0.717, 1.165) is 0 Å². The Kier molecular flexibility index (Phi) is 6.23. The second-order valence-electron chi connectivity index (χ2n) is 0.841. The summed E-state index contributed by atoms with van der Waals surface area (Å²) in [5.74, 6) is 0. The van der Waals surface area contributed by atoms with Gasteiger partial charge in [-0.25, -0.2) is 0 Å². The molecule has 0 spiro atoms. The van der Waals surface area contributed by atoms with Crippen molar-refractivity contribution in [1.82, 2.24) is 0 Å². The second-order valence-corrected chi connectivity index (χ2v) is 1.29. The number of rotatable bonds is 3. The summed E-state index contributed by atoms with van der Waals surface area (Å²) >= 11 is 1.65. The SMILES string of the molecule is COCC[O][Ti]. The molecule has 0 aromatic carbocycles. The fraction of sp³-hybridized carbons (Fsp3) is 1.00. The molecular formula is C3H7O2Ti. The van der Waals surface area contributed by atoms with Gasteiger partial charge in [0.15, 0.2) is 0 Å². The van der Waals surface area contributed by atoms with E-state index in [2.05, 4.69) is 8.06 Å². The Morgan fingerprint density at radius 2 is 2.17 bits per heavy atom. The Morgan fingerprint density at radius 1 is 1.50 bits per heavy atom. The quantitative estimate of drug-likeness (QED) is 0.391. The average molecular weight is 123 g/mol. The zero-order valence-electron chi connectivity index (χ0n) is 3.73. The van der Waals surface area contributed by atoms with Gasteiger partial charge in [0, 0.05) is 0 Å². The fourth-order valence-corrected chi connectivity index (χ4v) is 0.255. The Morgan fingerprint density at radius 3 is 2.33 bits per heavy atom. The van der Waals surface area contributed by atoms with Crippen molar-refractivity contribution in [3.63, 3.8) is 0 Å². The summed E-state index contributed by atoms with van der Waals surface area (Å²) in [5, 5.41) is 0. The van der Waals surface area contributed by atoms with Crippen molar-refractivity contribution in [2.45, 2.75) is 0 Å². The molecule has 0 aliphatic rings. The molecule has 0 heterocycles. The third-order valence-electron chi connectivity index (χ3n) is 0.390. The van der Waals surface area contributed by atoms with Gasteiger partial charge >= 0.3 is 49.2 Å². The molecule has 0 fully saturated rings. The molecule has 0 saturated carbocycles. The van der Waals surface area contributed by atoms with E-state index in [-0.39, 0.29) is 0 Å². The molecule has 3 heteroatoms. The van der Waals surface area contributed by atoms with Crippen molar-refractivity contribution in [3.05, 3.63) is 0 Å². The average Bonchev–Trinajstić information content (AvgIpc) is 1.61. The van der Waals surface area contributed by atoms with Gasteiger partial charge in [-0.2, -0.15) is 0 Å². The van der Waals surface area contributed by atoms with E-state index in [0.29, 0.717) is 13.2 Å². The molecular weight excluding hydrogens is 116 g/mol. The summed E-state index contributed by atoms with van der Waals surface area (Å²) in [6.45, 7) is 1.38. The van der Waals surface area contributed by atoms with Crippen LogP contribution in [0.2, 0.25) is 0 Å². The summed E-state index contributed by atoms with van der Waals surface area (Å²) < 4.78 is 9.31. The predicted molar refractivity (Wildman–Crippen MR) is 17.8 cm³/mol. The van der Waals surface area contributed by atoms with Crippen LogP contribution in [0, 0.1) is 0 Å². The Labute approximate surface area is 49.7 Å². The maximum absolute atomic E-state index is 4.66. The van der Waals surface area contributed by atoms with Gasteiger partial charge in [0.1, 0.15) is 0 Å². The summed E-state index contributed by atoms with van der Waals surface area (Å²) in [7, 11) is 1.65. The van der Waals surface area contributed by atoms with Gasteiger partial charge < -0.3 is 0 Å². The van der Waals surface area contributed by atoms with Crippen LogP contribution in [0.15, 0.2) is 0 Å². The van der Waals surface area contributed by atoms with E-state index in [4.69, 9.17) is 0 Å². The Balaban J connectivity index is 2.34. The topological polar surface area (TPSA) is 18.5 Å². The van der Waals surface area contributed by atoms with E-state index >= 15 is 0 Å². The van der Waals surface area contributed by atoms with E-state index in [1.165, 1.54) is 0 Å². The summed E-state index contributed by atoms with van der Waals surface area (Å²) in [5.41, 5.74) is 0. The van der Waals surface area contributed by atoms with Crippen molar-refractivity contribution < 1.29 is 28.9 Å². The van der Waals surface area contributed by atoms with Gasteiger partial charge in [-0.05, 0) is 0 Å². The first kappa shape index (κ1) is 6.63. The van der Waals surface area contributed by atoms with Gasteiger partial charge in [-0.3, -0.25) is 0 Å². The van der Waals surface area contributed by atoms with Crippen molar-refractivity contribution in [2.75, 3.05) is 20.3 Å². The van der Waals surface area contributed by atoms with Gasteiger partial charge in [-0.15, -0.1) is 0 Å². The Hall–Kier alpha value is 0.634. The van der Waals surface area contributed by atoms with Gasteiger partial charge in [-0.1, -0.05) is 0 Å².